The lowest BCUT2D eigenvalue weighted by atomic mass is 10.2. The van der Waals surface area contributed by atoms with E-state index in [0.717, 1.165) is 10.2 Å². The van der Waals surface area contributed by atoms with Crippen LogP contribution >= 0.6 is 11.3 Å². The van der Waals surface area contributed by atoms with Crippen molar-refractivity contribution in [1.82, 2.24) is 9.97 Å². The number of fused-ring (bicyclic) bond motifs is 1. The summed E-state index contributed by atoms with van der Waals surface area (Å²) in [6.45, 7) is 1.44. The van der Waals surface area contributed by atoms with Crippen LogP contribution < -0.4 is 10.6 Å². The first kappa shape index (κ1) is 19.7. The summed E-state index contributed by atoms with van der Waals surface area (Å²) in [6, 6.07) is 11.3. The minimum absolute atomic E-state index is 0.151. The average molecular weight is 424 g/mol. The third kappa shape index (κ3) is 4.69. The van der Waals surface area contributed by atoms with Gasteiger partial charge in [0.1, 0.15) is 5.82 Å². The summed E-state index contributed by atoms with van der Waals surface area (Å²) >= 11 is 1.33. The Morgan fingerprint density at radius 3 is 2.70 bits per heavy atom. The zero-order valence-corrected chi connectivity index (χ0v) is 16.8. The number of nitrogens with one attached hydrogen (secondary N) is 2. The van der Waals surface area contributed by atoms with E-state index in [-0.39, 0.29) is 24.1 Å². The number of halogens is 1. The fourth-order valence-corrected chi connectivity index (χ4v) is 3.76. The first-order chi connectivity index (χ1) is 14.5. The molecule has 0 aliphatic rings. The van der Waals surface area contributed by atoms with Crippen molar-refractivity contribution in [2.24, 2.45) is 0 Å². The van der Waals surface area contributed by atoms with Crippen molar-refractivity contribution in [3.63, 3.8) is 0 Å². The number of benzene rings is 2. The SMILES string of the molecule is CC(=O)Nc1ccc2nc(NC(=O)CCc3ncc(-c4ccc(F)cc4)o3)sc2c1. The molecule has 0 spiro atoms. The molecule has 4 aromatic rings. The molecule has 2 N–H and O–H groups in total. The summed E-state index contributed by atoms with van der Waals surface area (Å²) < 4.78 is 19.5. The van der Waals surface area contributed by atoms with Crippen molar-refractivity contribution in [3.8, 4) is 11.3 Å². The van der Waals surface area contributed by atoms with Crippen LogP contribution in [0.4, 0.5) is 15.2 Å². The Hall–Kier alpha value is -3.59. The van der Waals surface area contributed by atoms with Crippen LogP contribution in [-0.4, -0.2) is 21.8 Å². The number of carbonyl (C=O) groups is 2. The Kier molecular flexibility index (Phi) is 5.53. The van der Waals surface area contributed by atoms with E-state index in [1.54, 1.807) is 30.5 Å². The molecule has 0 bridgehead atoms. The van der Waals surface area contributed by atoms with Crippen LogP contribution in [0.1, 0.15) is 19.2 Å². The summed E-state index contributed by atoms with van der Waals surface area (Å²) in [5.74, 6) is 0.260. The lowest BCUT2D eigenvalue weighted by Gasteiger charge is -2.00. The first-order valence-corrected chi connectivity index (χ1v) is 9.96. The quantitative estimate of drug-likeness (QED) is 0.471. The van der Waals surface area contributed by atoms with Gasteiger partial charge in [0.25, 0.3) is 0 Å². The van der Waals surface area contributed by atoms with Crippen LogP contribution in [0.5, 0.6) is 0 Å². The molecule has 9 heteroatoms. The maximum Gasteiger partial charge on any atom is 0.226 e. The molecule has 0 radical (unpaired) electrons. The Morgan fingerprint density at radius 2 is 1.93 bits per heavy atom. The van der Waals surface area contributed by atoms with Gasteiger partial charge in [-0.1, -0.05) is 11.3 Å². The van der Waals surface area contributed by atoms with Gasteiger partial charge < -0.3 is 15.1 Å². The second-order valence-electron chi connectivity index (χ2n) is 6.56. The van der Waals surface area contributed by atoms with Crippen molar-refractivity contribution in [3.05, 3.63) is 60.4 Å². The number of hydrogen-bond acceptors (Lipinski definition) is 6. The molecule has 7 nitrogen and oxygen atoms in total. The number of anilines is 2. The number of hydrogen-bond donors (Lipinski definition) is 2. The largest absolute Gasteiger partial charge is 0.441 e. The van der Waals surface area contributed by atoms with Crippen molar-refractivity contribution in [1.29, 1.82) is 0 Å². The van der Waals surface area contributed by atoms with E-state index in [9.17, 15) is 14.0 Å². The number of oxazole rings is 1. The lowest BCUT2D eigenvalue weighted by Crippen LogP contribution is -2.12. The van der Waals surface area contributed by atoms with Gasteiger partial charge in [0, 0.05) is 31.0 Å². The zero-order valence-electron chi connectivity index (χ0n) is 15.9. The van der Waals surface area contributed by atoms with E-state index in [2.05, 4.69) is 20.6 Å². The fourth-order valence-electron chi connectivity index (χ4n) is 2.83. The van der Waals surface area contributed by atoms with Gasteiger partial charge in [0.2, 0.25) is 11.8 Å². The van der Waals surface area contributed by atoms with Gasteiger partial charge in [-0.2, -0.15) is 0 Å². The summed E-state index contributed by atoms with van der Waals surface area (Å²) in [7, 11) is 0. The molecule has 0 atom stereocenters. The number of rotatable bonds is 6. The van der Waals surface area contributed by atoms with Crippen LogP contribution in [0.25, 0.3) is 21.5 Å². The van der Waals surface area contributed by atoms with Crippen molar-refractivity contribution < 1.29 is 18.4 Å². The lowest BCUT2D eigenvalue weighted by molar-refractivity contribution is -0.116. The van der Waals surface area contributed by atoms with Crippen LogP contribution in [-0.2, 0) is 16.0 Å². The number of aromatic nitrogens is 2. The molecule has 0 unspecified atom stereocenters. The molecule has 2 aromatic heterocycles. The molecule has 2 aromatic carbocycles. The molecule has 152 valence electrons. The van der Waals surface area contributed by atoms with Crippen LogP contribution in [0.15, 0.2) is 53.1 Å². The molecule has 30 heavy (non-hydrogen) atoms. The normalized spacial score (nSPS) is 10.9. The zero-order chi connectivity index (χ0) is 21.1. The summed E-state index contributed by atoms with van der Waals surface area (Å²) in [4.78, 5) is 32.0. The number of amides is 2. The minimum atomic E-state index is -0.323. The smallest absolute Gasteiger partial charge is 0.226 e. The van der Waals surface area contributed by atoms with Crippen molar-refractivity contribution in [2.75, 3.05) is 10.6 Å². The third-order valence-corrected chi connectivity index (χ3v) is 5.14. The second-order valence-corrected chi connectivity index (χ2v) is 7.59. The van der Waals surface area contributed by atoms with Crippen LogP contribution in [0, 0.1) is 5.82 Å². The van der Waals surface area contributed by atoms with Gasteiger partial charge in [-0.25, -0.2) is 14.4 Å². The molecule has 0 aliphatic heterocycles. The van der Waals surface area contributed by atoms with E-state index in [0.29, 0.717) is 34.5 Å². The van der Waals surface area contributed by atoms with E-state index >= 15 is 0 Å². The summed E-state index contributed by atoms with van der Waals surface area (Å²) in [6.07, 6.45) is 2.06. The van der Waals surface area contributed by atoms with E-state index in [4.69, 9.17) is 4.42 Å². The highest BCUT2D eigenvalue weighted by molar-refractivity contribution is 7.22. The molecule has 0 saturated carbocycles. The number of aryl methyl sites for hydroxylation is 1. The van der Waals surface area contributed by atoms with Crippen LogP contribution in [0.2, 0.25) is 0 Å². The predicted molar refractivity (Wildman–Crippen MR) is 113 cm³/mol. The maximum atomic E-state index is 13.0. The van der Waals surface area contributed by atoms with Gasteiger partial charge >= 0.3 is 0 Å². The van der Waals surface area contributed by atoms with Gasteiger partial charge in [-0.15, -0.1) is 0 Å². The standard InChI is InChI=1S/C21H17FN4O3S/c1-12(27)24-15-6-7-16-18(10-15)30-21(25-16)26-19(28)8-9-20-23-11-17(29-20)13-2-4-14(22)5-3-13/h2-7,10-11H,8-9H2,1H3,(H,24,27)(H,25,26,28). The Morgan fingerprint density at radius 1 is 1.13 bits per heavy atom. The molecule has 2 amide bonds. The Balaban J connectivity index is 1.36. The second kappa shape index (κ2) is 8.42. The number of carbonyl (C=O) groups excluding carboxylic acids is 2. The molecule has 0 fully saturated rings. The minimum Gasteiger partial charge on any atom is -0.441 e. The van der Waals surface area contributed by atoms with E-state index in [1.807, 2.05) is 6.07 Å². The maximum absolute atomic E-state index is 13.0. The monoisotopic (exact) mass is 424 g/mol. The third-order valence-electron chi connectivity index (χ3n) is 4.20. The summed E-state index contributed by atoms with van der Waals surface area (Å²) in [5, 5.41) is 5.98. The molecular weight excluding hydrogens is 407 g/mol. The first-order valence-electron chi connectivity index (χ1n) is 9.15. The predicted octanol–water partition coefficient (Wildman–Crippen LogP) is 4.62. The highest BCUT2D eigenvalue weighted by Gasteiger charge is 2.12. The topological polar surface area (TPSA) is 97.1 Å². The van der Waals surface area contributed by atoms with Gasteiger partial charge in [-0.05, 0) is 42.5 Å². The van der Waals surface area contributed by atoms with Crippen LogP contribution in [0.3, 0.4) is 0 Å². The molecule has 4 rings (SSSR count). The Labute approximate surface area is 175 Å². The van der Waals surface area contributed by atoms with Gasteiger partial charge in [-0.3, -0.25) is 9.59 Å². The van der Waals surface area contributed by atoms with E-state index in [1.165, 1.54) is 30.4 Å². The Bertz CT molecular complexity index is 1220. The van der Waals surface area contributed by atoms with Crippen molar-refractivity contribution in [2.45, 2.75) is 19.8 Å². The number of thiazole rings is 1. The molecule has 2 heterocycles. The molecule has 0 saturated heterocycles. The average Bonchev–Trinajstić information content (AvgIpc) is 3.32. The molecular formula is C21H17FN4O3S. The van der Waals surface area contributed by atoms with Gasteiger partial charge in [0.15, 0.2) is 16.8 Å². The van der Waals surface area contributed by atoms with Gasteiger partial charge in [0.05, 0.1) is 16.4 Å². The highest BCUT2D eigenvalue weighted by atomic mass is 32.1. The summed E-state index contributed by atoms with van der Waals surface area (Å²) in [5.41, 5.74) is 2.13. The van der Waals surface area contributed by atoms with Crippen molar-refractivity contribution >= 4 is 44.2 Å². The van der Waals surface area contributed by atoms with E-state index < -0.39 is 0 Å². The highest BCUT2D eigenvalue weighted by Crippen LogP contribution is 2.28. The fraction of sp³-hybridized carbons (Fsp3) is 0.143. The number of nitrogens with zero attached hydrogens (tertiary/aromatic N) is 2. The molecule has 0 aliphatic carbocycles.